The molecule has 3 heterocycles. The zero-order valence-electron chi connectivity index (χ0n) is 17.1. The van der Waals surface area contributed by atoms with E-state index in [1.807, 2.05) is 0 Å². The van der Waals surface area contributed by atoms with E-state index in [0.29, 0.717) is 12.0 Å². The Morgan fingerprint density at radius 1 is 1.04 bits per heavy atom. The van der Waals surface area contributed by atoms with Crippen LogP contribution in [0.3, 0.4) is 0 Å². The predicted octanol–water partition coefficient (Wildman–Crippen LogP) is 4.15. The second-order valence-electron chi connectivity index (χ2n) is 8.31. The molecule has 0 saturated carbocycles. The highest BCUT2D eigenvalue weighted by molar-refractivity contribution is 5.74. The van der Waals surface area contributed by atoms with Crippen LogP contribution in [0.25, 0.3) is 0 Å². The Bertz CT molecular complexity index is 807. The first-order valence-electron chi connectivity index (χ1n) is 10.6. The minimum atomic E-state index is 0.216. The van der Waals surface area contributed by atoms with E-state index in [1.54, 1.807) is 6.92 Å². The average molecular weight is 378 g/mol. The third-order valence-corrected chi connectivity index (χ3v) is 6.45. The van der Waals surface area contributed by atoms with Crippen LogP contribution in [0.4, 0.5) is 0 Å². The van der Waals surface area contributed by atoms with E-state index in [4.69, 9.17) is 4.98 Å². The molecule has 2 aliphatic heterocycles. The van der Waals surface area contributed by atoms with Gasteiger partial charge in [0.2, 0.25) is 5.91 Å². The highest BCUT2D eigenvalue weighted by Crippen LogP contribution is 2.39. The fourth-order valence-corrected chi connectivity index (χ4v) is 5.21. The van der Waals surface area contributed by atoms with Gasteiger partial charge in [-0.1, -0.05) is 42.8 Å². The summed E-state index contributed by atoms with van der Waals surface area (Å²) in [5, 5.41) is 0. The summed E-state index contributed by atoms with van der Waals surface area (Å²) in [6, 6.07) is 17.7. The number of amides is 1. The summed E-state index contributed by atoms with van der Waals surface area (Å²) in [5.41, 5.74) is 3.58. The van der Waals surface area contributed by atoms with Crippen LogP contribution < -0.4 is 0 Å². The number of carbonyl (C=O) groups excluding carboxylic acids is 1. The van der Waals surface area contributed by atoms with E-state index in [-0.39, 0.29) is 11.9 Å². The van der Waals surface area contributed by atoms with Crippen LogP contribution in [-0.4, -0.2) is 45.9 Å². The standard InChI is InChI=1S/C24H31N3O/c1-18-9-8-12-21(25-18)17-26-16-14-22(20-10-4-3-5-11-20)24-23(26)13-6-7-15-27(24)19(2)28/h3-5,8-12,22-24H,6-7,13-17H2,1-2H3/t22-,23-,24-/m1/s1. The lowest BCUT2D eigenvalue weighted by Gasteiger charge is -2.49. The molecule has 4 heteroatoms. The van der Waals surface area contributed by atoms with Crippen molar-refractivity contribution in [3.63, 3.8) is 0 Å². The monoisotopic (exact) mass is 377 g/mol. The number of hydrogen-bond acceptors (Lipinski definition) is 3. The Hall–Kier alpha value is -2.20. The fraction of sp³-hybridized carbons (Fsp3) is 0.500. The number of nitrogens with zero attached hydrogens (tertiary/aromatic N) is 3. The van der Waals surface area contributed by atoms with E-state index in [9.17, 15) is 4.79 Å². The molecule has 1 amide bonds. The van der Waals surface area contributed by atoms with Gasteiger partial charge in [-0.05, 0) is 50.4 Å². The summed E-state index contributed by atoms with van der Waals surface area (Å²) in [6.45, 7) is 6.61. The van der Waals surface area contributed by atoms with Crippen molar-refractivity contribution in [3.8, 4) is 0 Å². The Labute approximate surface area is 168 Å². The number of aryl methyl sites for hydroxylation is 1. The molecule has 0 spiro atoms. The summed E-state index contributed by atoms with van der Waals surface area (Å²) in [5.74, 6) is 0.628. The van der Waals surface area contributed by atoms with Crippen LogP contribution >= 0.6 is 0 Å². The van der Waals surface area contributed by atoms with Crippen molar-refractivity contribution < 1.29 is 4.79 Å². The summed E-state index contributed by atoms with van der Waals surface area (Å²) >= 11 is 0. The van der Waals surface area contributed by atoms with Gasteiger partial charge < -0.3 is 4.90 Å². The van der Waals surface area contributed by atoms with Crippen molar-refractivity contribution in [3.05, 3.63) is 65.5 Å². The summed E-state index contributed by atoms with van der Waals surface area (Å²) in [4.78, 5) is 22.1. The molecule has 0 radical (unpaired) electrons. The van der Waals surface area contributed by atoms with E-state index >= 15 is 0 Å². The molecule has 28 heavy (non-hydrogen) atoms. The van der Waals surface area contributed by atoms with Gasteiger partial charge in [0, 0.05) is 37.7 Å². The molecule has 2 fully saturated rings. The molecular formula is C24H31N3O. The molecule has 0 N–H and O–H groups in total. The molecule has 3 atom stereocenters. The summed E-state index contributed by atoms with van der Waals surface area (Å²) in [6.07, 6.45) is 4.53. The first kappa shape index (κ1) is 19.1. The van der Waals surface area contributed by atoms with Crippen molar-refractivity contribution in [2.24, 2.45) is 0 Å². The Balaban J connectivity index is 1.66. The van der Waals surface area contributed by atoms with Crippen molar-refractivity contribution in [2.75, 3.05) is 13.1 Å². The fourth-order valence-electron chi connectivity index (χ4n) is 5.21. The number of fused-ring (bicyclic) bond motifs is 1. The minimum Gasteiger partial charge on any atom is -0.338 e. The van der Waals surface area contributed by atoms with Gasteiger partial charge in [-0.3, -0.25) is 14.7 Å². The maximum Gasteiger partial charge on any atom is 0.219 e. The first-order valence-corrected chi connectivity index (χ1v) is 10.6. The zero-order chi connectivity index (χ0) is 19.5. The highest BCUT2D eigenvalue weighted by Gasteiger charge is 2.43. The zero-order valence-corrected chi connectivity index (χ0v) is 17.1. The van der Waals surface area contributed by atoms with Crippen LogP contribution in [-0.2, 0) is 11.3 Å². The second-order valence-corrected chi connectivity index (χ2v) is 8.31. The molecule has 0 aliphatic carbocycles. The molecule has 4 nitrogen and oxygen atoms in total. The molecule has 148 valence electrons. The summed E-state index contributed by atoms with van der Waals surface area (Å²) in [7, 11) is 0. The van der Waals surface area contributed by atoms with Gasteiger partial charge >= 0.3 is 0 Å². The van der Waals surface area contributed by atoms with Crippen molar-refractivity contribution >= 4 is 5.91 Å². The van der Waals surface area contributed by atoms with Crippen LogP contribution in [0.5, 0.6) is 0 Å². The van der Waals surface area contributed by atoms with Crippen LogP contribution in [0, 0.1) is 6.92 Å². The minimum absolute atomic E-state index is 0.216. The Morgan fingerprint density at radius 2 is 1.86 bits per heavy atom. The number of rotatable bonds is 3. The molecular weight excluding hydrogens is 346 g/mol. The maximum absolute atomic E-state index is 12.6. The molecule has 1 aromatic heterocycles. The lowest BCUT2D eigenvalue weighted by molar-refractivity contribution is -0.134. The molecule has 0 unspecified atom stereocenters. The summed E-state index contributed by atoms with van der Waals surface area (Å²) < 4.78 is 0. The van der Waals surface area contributed by atoms with Crippen molar-refractivity contribution in [1.29, 1.82) is 0 Å². The molecule has 1 aromatic carbocycles. The lowest BCUT2D eigenvalue weighted by Crippen LogP contribution is -2.58. The first-order chi connectivity index (χ1) is 13.6. The van der Waals surface area contributed by atoms with E-state index in [2.05, 4.69) is 65.3 Å². The van der Waals surface area contributed by atoms with Gasteiger partial charge in [0.1, 0.15) is 0 Å². The van der Waals surface area contributed by atoms with Gasteiger partial charge in [-0.2, -0.15) is 0 Å². The Morgan fingerprint density at radius 3 is 2.61 bits per heavy atom. The number of likely N-dealkylation sites (tertiary alicyclic amines) is 2. The average Bonchev–Trinajstić information content (AvgIpc) is 2.92. The predicted molar refractivity (Wildman–Crippen MR) is 112 cm³/mol. The topological polar surface area (TPSA) is 36.4 Å². The number of hydrogen-bond donors (Lipinski definition) is 0. The van der Waals surface area contributed by atoms with E-state index < -0.39 is 0 Å². The SMILES string of the molecule is CC(=O)N1CCCC[C@@H]2[C@H]1[C@@H](c1ccccc1)CCN2Cc1cccc(C)n1. The van der Waals surface area contributed by atoms with E-state index in [1.165, 1.54) is 12.0 Å². The third-order valence-electron chi connectivity index (χ3n) is 6.45. The molecule has 2 aliphatic rings. The molecule has 4 rings (SSSR count). The highest BCUT2D eigenvalue weighted by atomic mass is 16.2. The third kappa shape index (κ3) is 3.97. The largest absolute Gasteiger partial charge is 0.338 e. The van der Waals surface area contributed by atoms with Gasteiger partial charge in [-0.15, -0.1) is 0 Å². The van der Waals surface area contributed by atoms with Gasteiger partial charge in [0.05, 0.1) is 11.7 Å². The van der Waals surface area contributed by atoms with Gasteiger partial charge in [-0.25, -0.2) is 0 Å². The molecule has 2 aromatic rings. The van der Waals surface area contributed by atoms with Crippen molar-refractivity contribution in [1.82, 2.24) is 14.8 Å². The maximum atomic E-state index is 12.6. The van der Waals surface area contributed by atoms with E-state index in [0.717, 1.165) is 50.3 Å². The number of carbonyl (C=O) groups is 1. The quantitative estimate of drug-likeness (QED) is 0.806. The van der Waals surface area contributed by atoms with Gasteiger partial charge in [0.25, 0.3) is 0 Å². The number of aromatic nitrogens is 1. The molecule has 0 bridgehead atoms. The molecule has 2 saturated heterocycles. The number of benzene rings is 1. The van der Waals surface area contributed by atoms with Crippen LogP contribution in [0.1, 0.15) is 55.5 Å². The number of pyridine rings is 1. The van der Waals surface area contributed by atoms with Crippen LogP contribution in [0.15, 0.2) is 48.5 Å². The normalized spacial score (nSPS) is 25.8. The van der Waals surface area contributed by atoms with Crippen molar-refractivity contribution in [2.45, 2.75) is 64.1 Å². The van der Waals surface area contributed by atoms with Crippen LogP contribution in [0.2, 0.25) is 0 Å². The van der Waals surface area contributed by atoms with Gasteiger partial charge in [0.15, 0.2) is 0 Å². The second kappa shape index (κ2) is 8.44. The smallest absolute Gasteiger partial charge is 0.219 e. The Kier molecular flexibility index (Phi) is 5.77. The lowest BCUT2D eigenvalue weighted by atomic mass is 9.78. The number of piperidine rings is 1.